The van der Waals surface area contributed by atoms with Gasteiger partial charge in [0.05, 0.1) is 0 Å². The molecule has 5 nitrogen and oxygen atoms in total. The number of benzene rings is 1. The molecule has 3 aromatic rings. The lowest BCUT2D eigenvalue weighted by Crippen LogP contribution is -2.06. The van der Waals surface area contributed by atoms with E-state index in [0.717, 1.165) is 34.9 Å². The van der Waals surface area contributed by atoms with Crippen LogP contribution in [0.4, 0.5) is 5.95 Å². The second-order valence-electron chi connectivity index (χ2n) is 4.84. The molecule has 3 rings (SSSR count). The summed E-state index contributed by atoms with van der Waals surface area (Å²) < 4.78 is 7.83. The maximum Gasteiger partial charge on any atom is 0.224 e. The molecular formula is C15H18N4O. The molecule has 0 bridgehead atoms. The summed E-state index contributed by atoms with van der Waals surface area (Å²) in [5.41, 5.74) is 2.14. The summed E-state index contributed by atoms with van der Waals surface area (Å²) >= 11 is 0. The van der Waals surface area contributed by atoms with Gasteiger partial charge in [0.15, 0.2) is 0 Å². The van der Waals surface area contributed by atoms with Gasteiger partial charge >= 0.3 is 0 Å². The Morgan fingerprint density at radius 3 is 2.75 bits per heavy atom. The first-order valence-electron chi connectivity index (χ1n) is 6.80. The molecule has 0 aliphatic carbocycles. The average molecular weight is 270 g/mol. The van der Waals surface area contributed by atoms with Gasteiger partial charge in [0.1, 0.15) is 17.2 Å². The van der Waals surface area contributed by atoms with Crippen LogP contribution in [0.15, 0.2) is 28.7 Å². The highest BCUT2D eigenvalue weighted by Gasteiger charge is 2.13. The average Bonchev–Trinajstić information content (AvgIpc) is 2.98. The Morgan fingerprint density at radius 2 is 2.05 bits per heavy atom. The Labute approximate surface area is 117 Å². The number of aryl methyl sites for hydroxylation is 2. The number of nitrogens with one attached hydrogen (secondary N) is 1. The van der Waals surface area contributed by atoms with E-state index >= 15 is 0 Å². The number of para-hydroxylation sites is 1. The van der Waals surface area contributed by atoms with Crippen LogP contribution in [0.2, 0.25) is 0 Å². The van der Waals surface area contributed by atoms with Crippen molar-refractivity contribution >= 4 is 16.9 Å². The van der Waals surface area contributed by atoms with Gasteiger partial charge < -0.3 is 14.3 Å². The van der Waals surface area contributed by atoms with Gasteiger partial charge in [-0.2, -0.15) is 0 Å². The van der Waals surface area contributed by atoms with Crippen molar-refractivity contribution in [2.75, 3.05) is 5.32 Å². The van der Waals surface area contributed by atoms with Crippen LogP contribution in [-0.2, 0) is 20.0 Å². The Hall–Kier alpha value is -2.30. The van der Waals surface area contributed by atoms with E-state index in [1.165, 1.54) is 5.56 Å². The lowest BCUT2D eigenvalue weighted by atomic mass is 10.1. The molecule has 2 heterocycles. The van der Waals surface area contributed by atoms with Crippen molar-refractivity contribution in [1.29, 1.82) is 0 Å². The Kier molecular flexibility index (Phi) is 3.18. The van der Waals surface area contributed by atoms with Crippen molar-refractivity contribution in [1.82, 2.24) is 14.8 Å². The molecule has 0 radical (unpaired) electrons. The third-order valence-corrected chi connectivity index (χ3v) is 3.62. The molecule has 0 atom stereocenters. The minimum atomic E-state index is 0.687. The molecule has 0 aliphatic heterocycles. The Morgan fingerprint density at radius 1 is 1.25 bits per heavy atom. The number of hydrogen-bond acceptors (Lipinski definition) is 4. The van der Waals surface area contributed by atoms with Crippen molar-refractivity contribution in [3.8, 4) is 0 Å². The highest BCUT2D eigenvalue weighted by atomic mass is 16.3. The van der Waals surface area contributed by atoms with Crippen LogP contribution in [0.1, 0.15) is 24.1 Å². The van der Waals surface area contributed by atoms with Gasteiger partial charge in [-0.1, -0.05) is 25.1 Å². The van der Waals surface area contributed by atoms with Crippen LogP contribution in [0, 0.1) is 6.92 Å². The van der Waals surface area contributed by atoms with Crippen LogP contribution < -0.4 is 5.32 Å². The molecule has 0 aliphatic rings. The van der Waals surface area contributed by atoms with Crippen LogP contribution in [0.3, 0.4) is 0 Å². The van der Waals surface area contributed by atoms with Gasteiger partial charge in [-0.05, 0) is 13.0 Å². The highest BCUT2D eigenvalue weighted by Crippen LogP contribution is 2.26. The number of furan rings is 1. The molecule has 0 saturated heterocycles. The van der Waals surface area contributed by atoms with Gasteiger partial charge in [0, 0.05) is 31.0 Å². The lowest BCUT2D eigenvalue weighted by molar-refractivity contribution is 0.551. The van der Waals surface area contributed by atoms with E-state index in [4.69, 9.17) is 4.42 Å². The normalized spacial score (nSPS) is 11.2. The summed E-state index contributed by atoms with van der Waals surface area (Å²) in [7, 11) is 1.95. The lowest BCUT2D eigenvalue weighted by Gasteiger charge is -2.06. The van der Waals surface area contributed by atoms with Gasteiger partial charge in [-0.15, -0.1) is 10.2 Å². The van der Waals surface area contributed by atoms with Crippen LogP contribution in [0.25, 0.3) is 11.0 Å². The van der Waals surface area contributed by atoms with Crippen molar-refractivity contribution in [3.05, 3.63) is 41.4 Å². The fourth-order valence-corrected chi connectivity index (χ4v) is 2.36. The van der Waals surface area contributed by atoms with Gasteiger partial charge in [-0.3, -0.25) is 0 Å². The van der Waals surface area contributed by atoms with Crippen LogP contribution in [-0.4, -0.2) is 14.8 Å². The van der Waals surface area contributed by atoms with Gasteiger partial charge in [0.2, 0.25) is 5.95 Å². The molecule has 1 N–H and O–H groups in total. The van der Waals surface area contributed by atoms with Gasteiger partial charge in [0.25, 0.3) is 0 Å². The third-order valence-electron chi connectivity index (χ3n) is 3.62. The van der Waals surface area contributed by atoms with E-state index in [9.17, 15) is 0 Å². The molecule has 20 heavy (non-hydrogen) atoms. The van der Waals surface area contributed by atoms with E-state index in [2.05, 4.69) is 28.5 Å². The predicted molar refractivity (Wildman–Crippen MR) is 78.7 cm³/mol. The molecular weight excluding hydrogens is 252 g/mol. The smallest absolute Gasteiger partial charge is 0.224 e. The summed E-state index contributed by atoms with van der Waals surface area (Å²) in [6.07, 6.45) is 0.879. The van der Waals surface area contributed by atoms with E-state index in [1.807, 2.05) is 36.7 Å². The zero-order chi connectivity index (χ0) is 14.1. The SMILES string of the molecule is CCc1oc2ccccc2c1CNc1nnc(C)n1C. The quantitative estimate of drug-likeness (QED) is 0.791. The summed E-state index contributed by atoms with van der Waals surface area (Å²) in [4.78, 5) is 0. The molecule has 0 spiro atoms. The first-order valence-corrected chi connectivity index (χ1v) is 6.80. The number of hydrogen-bond donors (Lipinski definition) is 1. The highest BCUT2D eigenvalue weighted by molar-refractivity contribution is 5.82. The second-order valence-corrected chi connectivity index (χ2v) is 4.84. The zero-order valence-corrected chi connectivity index (χ0v) is 12.0. The van der Waals surface area contributed by atoms with E-state index < -0.39 is 0 Å². The fraction of sp³-hybridized carbons (Fsp3) is 0.333. The molecule has 1 aromatic carbocycles. The van der Waals surface area contributed by atoms with Crippen LogP contribution >= 0.6 is 0 Å². The van der Waals surface area contributed by atoms with Crippen molar-refractivity contribution in [2.24, 2.45) is 7.05 Å². The number of fused-ring (bicyclic) bond motifs is 1. The Balaban J connectivity index is 1.92. The maximum absolute atomic E-state index is 5.89. The third kappa shape index (κ3) is 2.05. The molecule has 0 saturated carbocycles. The van der Waals surface area contributed by atoms with Crippen molar-refractivity contribution in [2.45, 2.75) is 26.8 Å². The van der Waals surface area contributed by atoms with E-state index in [-0.39, 0.29) is 0 Å². The molecule has 2 aromatic heterocycles. The summed E-state index contributed by atoms with van der Waals surface area (Å²) in [6, 6.07) is 8.13. The van der Waals surface area contributed by atoms with Crippen LogP contribution in [0.5, 0.6) is 0 Å². The standard InChI is InChI=1S/C15H18N4O/c1-4-13-12(11-7-5-6-8-14(11)20-13)9-16-15-18-17-10(2)19(15)3/h5-8H,4,9H2,1-3H3,(H,16,18). The molecule has 5 heteroatoms. The van der Waals surface area contributed by atoms with Crippen molar-refractivity contribution in [3.63, 3.8) is 0 Å². The van der Waals surface area contributed by atoms with E-state index in [0.29, 0.717) is 6.54 Å². The zero-order valence-electron chi connectivity index (χ0n) is 12.0. The summed E-state index contributed by atoms with van der Waals surface area (Å²) in [5.74, 6) is 2.69. The monoisotopic (exact) mass is 270 g/mol. The topological polar surface area (TPSA) is 55.9 Å². The first kappa shape index (κ1) is 12.7. The first-order chi connectivity index (χ1) is 9.70. The summed E-state index contributed by atoms with van der Waals surface area (Å²) in [5, 5.41) is 12.7. The number of nitrogens with zero attached hydrogens (tertiary/aromatic N) is 3. The summed E-state index contributed by atoms with van der Waals surface area (Å²) in [6.45, 7) is 4.72. The second kappa shape index (κ2) is 5.00. The minimum Gasteiger partial charge on any atom is -0.461 e. The molecule has 104 valence electrons. The van der Waals surface area contributed by atoms with Crippen molar-refractivity contribution < 1.29 is 4.42 Å². The molecule has 0 fully saturated rings. The Bertz CT molecular complexity index is 741. The number of anilines is 1. The fourth-order valence-electron chi connectivity index (χ4n) is 2.36. The number of rotatable bonds is 4. The largest absolute Gasteiger partial charge is 0.461 e. The number of aromatic nitrogens is 3. The molecule has 0 amide bonds. The minimum absolute atomic E-state index is 0.687. The predicted octanol–water partition coefficient (Wildman–Crippen LogP) is 3.04. The maximum atomic E-state index is 5.89. The van der Waals surface area contributed by atoms with E-state index in [1.54, 1.807) is 0 Å². The molecule has 0 unspecified atom stereocenters. The van der Waals surface area contributed by atoms with Gasteiger partial charge in [-0.25, -0.2) is 0 Å².